The van der Waals surface area contributed by atoms with Crippen LogP contribution in [-0.4, -0.2) is 68.1 Å². The third-order valence-corrected chi connectivity index (χ3v) is 6.83. The fraction of sp³-hybridized carbons (Fsp3) is 0.483. The summed E-state index contributed by atoms with van der Waals surface area (Å²) in [4.78, 5) is 45.6. The van der Waals surface area contributed by atoms with E-state index < -0.39 is 0 Å². The number of hydrogen-bond acceptors (Lipinski definition) is 6. The van der Waals surface area contributed by atoms with E-state index in [0.717, 1.165) is 41.9 Å². The predicted molar refractivity (Wildman–Crippen MR) is 152 cm³/mol. The minimum absolute atomic E-state index is 0.108. The molecule has 3 rings (SSSR count). The van der Waals surface area contributed by atoms with Crippen molar-refractivity contribution >= 4 is 23.2 Å². The number of amides is 2. The number of aromatic nitrogens is 1. The Balaban J connectivity index is 1.94. The van der Waals surface area contributed by atoms with Crippen molar-refractivity contribution < 1.29 is 14.3 Å². The molecule has 1 saturated heterocycles. The molecule has 0 spiro atoms. The third kappa shape index (κ3) is 7.55. The van der Waals surface area contributed by atoms with Crippen LogP contribution >= 0.6 is 0 Å². The fourth-order valence-corrected chi connectivity index (χ4v) is 4.85. The van der Waals surface area contributed by atoms with E-state index >= 15 is 0 Å². The van der Waals surface area contributed by atoms with Crippen LogP contribution in [0.2, 0.25) is 0 Å². The van der Waals surface area contributed by atoms with Crippen LogP contribution in [0.15, 0.2) is 35.1 Å². The van der Waals surface area contributed by atoms with E-state index in [1.807, 2.05) is 51.9 Å². The van der Waals surface area contributed by atoms with Crippen molar-refractivity contribution in [1.82, 2.24) is 15.2 Å². The maximum Gasteiger partial charge on any atom is 0.253 e. The van der Waals surface area contributed by atoms with Crippen LogP contribution < -0.4 is 21.1 Å². The lowest BCUT2D eigenvalue weighted by Gasteiger charge is -2.37. The average molecular weight is 524 g/mol. The Hall–Kier alpha value is -3.43. The Labute approximate surface area is 225 Å². The summed E-state index contributed by atoms with van der Waals surface area (Å²) in [6, 6.07) is 5.82. The standard InChI is InChI=1S/C29H41N5O4/c1-7-34(23-10-13-38-14-11-23)26-17-22(32-27(35)9-8-12-33(5)6)16-24(21(26)4)28(36)30-18-25-19(2)15-20(3)31-29(25)37/h8-9,15-17,23H,7,10-14,18H2,1-6H3,(H,30,36)(H,31,37)(H,32,35)/b9-8+. The van der Waals surface area contributed by atoms with Gasteiger partial charge in [-0.3, -0.25) is 14.4 Å². The molecule has 2 aromatic rings. The molecule has 2 amide bonds. The molecule has 1 aromatic heterocycles. The van der Waals surface area contributed by atoms with Crippen molar-refractivity contribution in [3.63, 3.8) is 0 Å². The second-order valence-electron chi connectivity index (χ2n) is 10.1. The summed E-state index contributed by atoms with van der Waals surface area (Å²) in [5.74, 6) is -0.561. The molecule has 206 valence electrons. The largest absolute Gasteiger partial charge is 0.381 e. The summed E-state index contributed by atoms with van der Waals surface area (Å²) in [7, 11) is 3.86. The number of nitrogens with one attached hydrogen (secondary N) is 3. The highest BCUT2D eigenvalue weighted by Crippen LogP contribution is 2.32. The van der Waals surface area contributed by atoms with Gasteiger partial charge in [-0.15, -0.1) is 0 Å². The number of anilines is 2. The number of rotatable bonds is 10. The summed E-state index contributed by atoms with van der Waals surface area (Å²) in [5, 5.41) is 5.85. The second kappa shape index (κ2) is 13.4. The molecule has 1 aliphatic heterocycles. The first kappa shape index (κ1) is 29.1. The number of pyridine rings is 1. The summed E-state index contributed by atoms with van der Waals surface area (Å²) in [6.45, 7) is 10.6. The summed E-state index contributed by atoms with van der Waals surface area (Å²) >= 11 is 0. The zero-order chi connectivity index (χ0) is 27.8. The van der Waals surface area contributed by atoms with Gasteiger partial charge in [0.1, 0.15) is 0 Å². The molecule has 1 aromatic carbocycles. The summed E-state index contributed by atoms with van der Waals surface area (Å²) < 4.78 is 5.57. The Kier molecular flexibility index (Phi) is 10.3. The number of hydrogen-bond donors (Lipinski definition) is 3. The Morgan fingerprint density at radius 2 is 1.84 bits per heavy atom. The number of benzene rings is 1. The van der Waals surface area contributed by atoms with Crippen molar-refractivity contribution in [3.8, 4) is 0 Å². The lowest BCUT2D eigenvalue weighted by molar-refractivity contribution is -0.111. The Bertz CT molecular complexity index is 1230. The normalized spacial score (nSPS) is 14.2. The highest BCUT2D eigenvalue weighted by atomic mass is 16.5. The molecule has 0 unspecified atom stereocenters. The molecule has 0 saturated carbocycles. The van der Waals surface area contributed by atoms with E-state index in [1.165, 1.54) is 6.08 Å². The zero-order valence-corrected chi connectivity index (χ0v) is 23.4. The van der Waals surface area contributed by atoms with E-state index in [2.05, 4.69) is 27.4 Å². The van der Waals surface area contributed by atoms with Crippen LogP contribution in [0.1, 0.15) is 52.5 Å². The number of likely N-dealkylation sites (N-methyl/N-ethyl adjacent to an activating group) is 1. The van der Waals surface area contributed by atoms with Gasteiger partial charge in [0, 0.05) is 73.2 Å². The number of carbonyl (C=O) groups is 2. The first-order valence-corrected chi connectivity index (χ1v) is 13.2. The van der Waals surface area contributed by atoms with Crippen molar-refractivity contribution in [2.24, 2.45) is 0 Å². The van der Waals surface area contributed by atoms with Gasteiger partial charge >= 0.3 is 0 Å². The van der Waals surface area contributed by atoms with Crippen LogP contribution in [0.4, 0.5) is 11.4 Å². The van der Waals surface area contributed by atoms with Crippen molar-refractivity contribution in [1.29, 1.82) is 0 Å². The highest BCUT2D eigenvalue weighted by Gasteiger charge is 2.25. The Morgan fingerprint density at radius 3 is 2.47 bits per heavy atom. The van der Waals surface area contributed by atoms with E-state index in [1.54, 1.807) is 12.1 Å². The monoisotopic (exact) mass is 523 g/mol. The van der Waals surface area contributed by atoms with Crippen LogP contribution in [0.5, 0.6) is 0 Å². The van der Waals surface area contributed by atoms with E-state index in [-0.39, 0.29) is 30.0 Å². The number of H-pyrrole nitrogens is 1. The molecular formula is C29H41N5O4. The van der Waals surface area contributed by atoms with Gasteiger partial charge in [-0.1, -0.05) is 6.08 Å². The quantitative estimate of drug-likeness (QED) is 0.413. The van der Waals surface area contributed by atoms with Gasteiger partial charge in [0.15, 0.2) is 0 Å². The molecule has 1 aliphatic rings. The summed E-state index contributed by atoms with van der Waals surface area (Å²) in [6.07, 6.45) is 5.09. The molecule has 0 atom stereocenters. The van der Waals surface area contributed by atoms with E-state index in [4.69, 9.17) is 4.74 Å². The highest BCUT2D eigenvalue weighted by molar-refractivity contribution is 6.03. The van der Waals surface area contributed by atoms with E-state index in [9.17, 15) is 14.4 Å². The molecule has 9 nitrogen and oxygen atoms in total. The Morgan fingerprint density at radius 1 is 1.13 bits per heavy atom. The number of aromatic amines is 1. The second-order valence-corrected chi connectivity index (χ2v) is 10.1. The SMILES string of the molecule is CCN(c1cc(NC(=O)/C=C/CN(C)C)cc(C(=O)NCc2c(C)cc(C)[nH]c2=O)c1C)C1CCOCC1. The van der Waals surface area contributed by atoms with Gasteiger partial charge < -0.3 is 30.2 Å². The van der Waals surface area contributed by atoms with Crippen LogP contribution in [0.3, 0.4) is 0 Å². The molecule has 0 bridgehead atoms. The first-order chi connectivity index (χ1) is 18.1. The lowest BCUT2D eigenvalue weighted by Crippen LogP contribution is -2.40. The van der Waals surface area contributed by atoms with Crippen LogP contribution in [0.25, 0.3) is 0 Å². The van der Waals surface area contributed by atoms with Gasteiger partial charge in [0.05, 0.1) is 0 Å². The number of carbonyl (C=O) groups excluding carboxylic acids is 2. The number of nitrogens with zero attached hydrogens (tertiary/aromatic N) is 2. The smallest absolute Gasteiger partial charge is 0.253 e. The fourth-order valence-electron chi connectivity index (χ4n) is 4.85. The summed E-state index contributed by atoms with van der Waals surface area (Å²) in [5.41, 5.74) is 4.66. The molecule has 38 heavy (non-hydrogen) atoms. The molecule has 1 fully saturated rings. The van der Waals surface area contributed by atoms with Gasteiger partial charge in [-0.25, -0.2) is 0 Å². The lowest BCUT2D eigenvalue weighted by atomic mass is 9.99. The van der Waals surface area contributed by atoms with Crippen molar-refractivity contribution in [2.75, 3.05) is 50.6 Å². The zero-order valence-electron chi connectivity index (χ0n) is 23.4. The molecule has 9 heteroatoms. The van der Waals surface area contributed by atoms with Gasteiger partial charge in [0.25, 0.3) is 11.5 Å². The number of aryl methyl sites for hydroxylation is 2. The average Bonchev–Trinajstić information content (AvgIpc) is 2.85. The van der Waals surface area contributed by atoms with Crippen molar-refractivity contribution in [2.45, 2.75) is 53.1 Å². The molecule has 0 aliphatic carbocycles. The molecule has 2 heterocycles. The molecule has 3 N–H and O–H groups in total. The maximum absolute atomic E-state index is 13.5. The third-order valence-electron chi connectivity index (χ3n) is 6.83. The van der Waals surface area contributed by atoms with E-state index in [0.29, 0.717) is 36.6 Å². The first-order valence-electron chi connectivity index (χ1n) is 13.2. The van der Waals surface area contributed by atoms with Crippen LogP contribution in [-0.2, 0) is 16.1 Å². The molecule has 0 radical (unpaired) electrons. The number of ether oxygens (including phenoxy) is 1. The van der Waals surface area contributed by atoms with Crippen LogP contribution in [0, 0.1) is 20.8 Å². The predicted octanol–water partition coefficient (Wildman–Crippen LogP) is 3.29. The maximum atomic E-state index is 13.5. The van der Waals surface area contributed by atoms with Gasteiger partial charge in [-0.05, 0) is 84.0 Å². The topological polar surface area (TPSA) is 107 Å². The van der Waals surface area contributed by atoms with Crippen molar-refractivity contribution in [3.05, 3.63) is 68.7 Å². The van der Waals surface area contributed by atoms with Gasteiger partial charge in [-0.2, -0.15) is 0 Å². The minimum atomic E-state index is -0.301. The van der Waals surface area contributed by atoms with Gasteiger partial charge in [0.2, 0.25) is 5.91 Å². The minimum Gasteiger partial charge on any atom is -0.381 e. The molecular weight excluding hydrogens is 482 g/mol.